The third kappa shape index (κ3) is 4.87. The molecule has 0 amide bonds. The first-order valence-corrected chi connectivity index (χ1v) is 7.50. The lowest BCUT2D eigenvalue weighted by Gasteiger charge is -2.37. The van der Waals surface area contributed by atoms with Crippen molar-refractivity contribution in [3.63, 3.8) is 0 Å². The summed E-state index contributed by atoms with van der Waals surface area (Å²) >= 11 is 0. The zero-order valence-corrected chi connectivity index (χ0v) is 13.0. The highest BCUT2D eigenvalue weighted by Gasteiger charge is 2.30. The van der Waals surface area contributed by atoms with Crippen molar-refractivity contribution < 1.29 is 4.74 Å². The Bertz CT molecular complexity index is 231. The quantitative estimate of drug-likeness (QED) is 0.790. The standard InChI is InChI=1S/C15H32N2O/c1-6-16-14(15(3,4)18-5)12-17-10-7-8-13(2)9-11-17/h13-14,16H,6-12H2,1-5H3. The van der Waals surface area contributed by atoms with Crippen LogP contribution in [-0.4, -0.2) is 49.8 Å². The Hall–Kier alpha value is -0.120. The molecular formula is C15H32N2O. The predicted molar refractivity (Wildman–Crippen MR) is 78.0 cm³/mol. The van der Waals surface area contributed by atoms with E-state index in [0.717, 1.165) is 19.0 Å². The molecule has 1 heterocycles. The van der Waals surface area contributed by atoms with Gasteiger partial charge in [0.25, 0.3) is 0 Å². The second-order valence-corrected chi connectivity index (χ2v) is 6.25. The van der Waals surface area contributed by atoms with Crippen LogP contribution < -0.4 is 5.32 Å². The molecule has 1 rings (SSSR count). The molecule has 0 spiro atoms. The lowest BCUT2D eigenvalue weighted by molar-refractivity contribution is -0.0193. The first-order valence-electron chi connectivity index (χ1n) is 7.50. The number of nitrogens with one attached hydrogen (secondary N) is 1. The molecule has 1 aliphatic heterocycles. The van der Waals surface area contributed by atoms with Gasteiger partial charge in [-0.15, -0.1) is 0 Å². The largest absolute Gasteiger partial charge is 0.377 e. The molecule has 1 saturated heterocycles. The van der Waals surface area contributed by atoms with E-state index in [1.165, 1.54) is 32.4 Å². The Kier molecular flexibility index (Phi) is 6.61. The minimum absolute atomic E-state index is 0.103. The van der Waals surface area contributed by atoms with Crippen LogP contribution in [0.2, 0.25) is 0 Å². The van der Waals surface area contributed by atoms with Gasteiger partial charge in [0.05, 0.1) is 5.60 Å². The molecule has 1 N–H and O–H groups in total. The minimum atomic E-state index is -0.103. The number of hydrogen-bond donors (Lipinski definition) is 1. The first-order chi connectivity index (χ1) is 8.49. The molecule has 0 aromatic rings. The van der Waals surface area contributed by atoms with E-state index in [9.17, 15) is 0 Å². The van der Waals surface area contributed by atoms with Gasteiger partial charge in [-0.25, -0.2) is 0 Å². The molecule has 0 radical (unpaired) electrons. The highest BCUT2D eigenvalue weighted by Crippen LogP contribution is 2.19. The molecular weight excluding hydrogens is 224 g/mol. The SMILES string of the molecule is CCNC(CN1CCCC(C)CC1)C(C)(C)OC. The Balaban J connectivity index is 2.54. The maximum atomic E-state index is 5.66. The molecule has 108 valence electrons. The van der Waals surface area contributed by atoms with E-state index in [1.807, 2.05) is 7.11 Å². The average Bonchev–Trinajstić information content (AvgIpc) is 2.54. The van der Waals surface area contributed by atoms with Crippen molar-refractivity contribution in [3.05, 3.63) is 0 Å². The fourth-order valence-corrected chi connectivity index (χ4v) is 2.68. The Labute approximate surface area is 113 Å². The van der Waals surface area contributed by atoms with Crippen LogP contribution in [0.3, 0.4) is 0 Å². The van der Waals surface area contributed by atoms with Crippen molar-refractivity contribution in [3.8, 4) is 0 Å². The van der Waals surface area contributed by atoms with Crippen LogP contribution >= 0.6 is 0 Å². The van der Waals surface area contributed by atoms with E-state index in [4.69, 9.17) is 4.74 Å². The Morgan fingerprint density at radius 1 is 1.33 bits per heavy atom. The van der Waals surface area contributed by atoms with Crippen molar-refractivity contribution in [2.24, 2.45) is 5.92 Å². The molecule has 0 aromatic carbocycles. The summed E-state index contributed by atoms with van der Waals surface area (Å²) in [6, 6.07) is 0.404. The van der Waals surface area contributed by atoms with Gasteiger partial charge in [0, 0.05) is 19.7 Å². The maximum Gasteiger partial charge on any atom is 0.0787 e. The monoisotopic (exact) mass is 256 g/mol. The Morgan fingerprint density at radius 3 is 2.67 bits per heavy atom. The molecule has 1 aliphatic rings. The topological polar surface area (TPSA) is 24.5 Å². The minimum Gasteiger partial charge on any atom is -0.377 e. The number of rotatable bonds is 6. The zero-order chi connectivity index (χ0) is 13.6. The summed E-state index contributed by atoms with van der Waals surface area (Å²) in [6.07, 6.45) is 4.07. The number of likely N-dealkylation sites (N-methyl/N-ethyl adjacent to an activating group) is 1. The second kappa shape index (κ2) is 7.46. The molecule has 3 heteroatoms. The summed E-state index contributed by atoms with van der Waals surface area (Å²) in [4.78, 5) is 2.61. The molecule has 2 unspecified atom stereocenters. The van der Waals surface area contributed by atoms with Crippen LogP contribution in [-0.2, 0) is 4.74 Å². The van der Waals surface area contributed by atoms with E-state index in [0.29, 0.717) is 6.04 Å². The van der Waals surface area contributed by atoms with Crippen LogP contribution in [0, 0.1) is 5.92 Å². The van der Waals surface area contributed by atoms with E-state index in [1.54, 1.807) is 0 Å². The lowest BCUT2D eigenvalue weighted by atomic mass is 9.97. The number of hydrogen-bond acceptors (Lipinski definition) is 3. The van der Waals surface area contributed by atoms with Crippen molar-refractivity contribution in [1.82, 2.24) is 10.2 Å². The molecule has 18 heavy (non-hydrogen) atoms. The normalized spacial score (nSPS) is 24.8. The van der Waals surface area contributed by atoms with Gasteiger partial charge >= 0.3 is 0 Å². The van der Waals surface area contributed by atoms with Crippen LogP contribution in [0.5, 0.6) is 0 Å². The molecule has 0 bridgehead atoms. The van der Waals surface area contributed by atoms with E-state index in [2.05, 4.69) is 37.9 Å². The summed E-state index contributed by atoms with van der Waals surface area (Å²) in [5, 5.41) is 3.59. The van der Waals surface area contributed by atoms with Crippen molar-refractivity contribution in [2.45, 2.75) is 58.6 Å². The van der Waals surface area contributed by atoms with Crippen LogP contribution in [0.1, 0.15) is 47.0 Å². The van der Waals surface area contributed by atoms with Gasteiger partial charge in [-0.05, 0) is 58.7 Å². The summed E-state index contributed by atoms with van der Waals surface area (Å²) < 4.78 is 5.66. The van der Waals surface area contributed by atoms with Gasteiger partial charge in [0.2, 0.25) is 0 Å². The smallest absolute Gasteiger partial charge is 0.0787 e. The van der Waals surface area contributed by atoms with Gasteiger partial charge in [-0.2, -0.15) is 0 Å². The number of nitrogens with zero attached hydrogens (tertiary/aromatic N) is 1. The summed E-state index contributed by atoms with van der Waals surface area (Å²) in [7, 11) is 1.81. The summed E-state index contributed by atoms with van der Waals surface area (Å²) in [6.45, 7) is 13.5. The third-order valence-electron chi connectivity index (χ3n) is 4.37. The summed E-state index contributed by atoms with van der Waals surface area (Å²) in [5.41, 5.74) is -0.103. The molecule has 2 atom stereocenters. The van der Waals surface area contributed by atoms with Gasteiger partial charge in [-0.3, -0.25) is 0 Å². The van der Waals surface area contributed by atoms with Crippen LogP contribution in [0.15, 0.2) is 0 Å². The number of methoxy groups -OCH3 is 1. The van der Waals surface area contributed by atoms with Gasteiger partial charge in [0.1, 0.15) is 0 Å². The van der Waals surface area contributed by atoms with E-state index in [-0.39, 0.29) is 5.60 Å². The summed E-state index contributed by atoms with van der Waals surface area (Å²) in [5.74, 6) is 0.892. The van der Waals surface area contributed by atoms with E-state index < -0.39 is 0 Å². The zero-order valence-electron chi connectivity index (χ0n) is 13.0. The Morgan fingerprint density at radius 2 is 2.06 bits per heavy atom. The van der Waals surface area contributed by atoms with E-state index >= 15 is 0 Å². The molecule has 1 fully saturated rings. The van der Waals surface area contributed by atoms with Crippen molar-refractivity contribution in [2.75, 3.05) is 33.3 Å². The van der Waals surface area contributed by atoms with Crippen molar-refractivity contribution >= 4 is 0 Å². The molecule has 0 aliphatic carbocycles. The van der Waals surface area contributed by atoms with Crippen LogP contribution in [0.4, 0.5) is 0 Å². The molecule has 0 saturated carbocycles. The predicted octanol–water partition coefficient (Wildman–Crippen LogP) is 2.51. The van der Waals surface area contributed by atoms with Gasteiger partial charge < -0.3 is 15.0 Å². The average molecular weight is 256 g/mol. The maximum absolute atomic E-state index is 5.66. The van der Waals surface area contributed by atoms with Crippen molar-refractivity contribution in [1.29, 1.82) is 0 Å². The highest BCUT2D eigenvalue weighted by atomic mass is 16.5. The number of ether oxygens (including phenoxy) is 1. The fourth-order valence-electron chi connectivity index (χ4n) is 2.68. The van der Waals surface area contributed by atoms with Crippen LogP contribution in [0.25, 0.3) is 0 Å². The lowest BCUT2D eigenvalue weighted by Crippen LogP contribution is -2.54. The second-order valence-electron chi connectivity index (χ2n) is 6.25. The third-order valence-corrected chi connectivity index (χ3v) is 4.37. The highest BCUT2D eigenvalue weighted by molar-refractivity contribution is 4.88. The first kappa shape index (κ1) is 15.9. The molecule has 0 aromatic heterocycles. The van der Waals surface area contributed by atoms with Gasteiger partial charge in [-0.1, -0.05) is 13.8 Å². The molecule has 3 nitrogen and oxygen atoms in total. The van der Waals surface area contributed by atoms with Gasteiger partial charge in [0.15, 0.2) is 0 Å². The fraction of sp³-hybridized carbons (Fsp3) is 1.00. The number of likely N-dealkylation sites (tertiary alicyclic amines) is 1.